The maximum atomic E-state index is 13.0. The van der Waals surface area contributed by atoms with Crippen molar-refractivity contribution in [2.24, 2.45) is 0 Å². The van der Waals surface area contributed by atoms with Gasteiger partial charge in [0.25, 0.3) is 0 Å². The van der Waals surface area contributed by atoms with Crippen molar-refractivity contribution in [1.82, 2.24) is 4.98 Å². The first-order valence-corrected chi connectivity index (χ1v) is 11.2. The molecule has 0 amide bonds. The first-order chi connectivity index (χ1) is 16.6. The van der Waals surface area contributed by atoms with Crippen LogP contribution in [0.4, 0.5) is 0 Å². The average molecular weight is 456 g/mol. The number of rotatable bonds is 10. The number of ether oxygens (including phenoxy) is 3. The molecule has 0 spiro atoms. The molecule has 0 aliphatic heterocycles. The molecule has 0 N–H and O–H groups in total. The lowest BCUT2D eigenvalue weighted by molar-refractivity contribution is -0.143. The van der Waals surface area contributed by atoms with E-state index in [1.165, 1.54) is 0 Å². The number of hydrogen-bond acceptors (Lipinski definition) is 6. The quantitative estimate of drug-likeness (QED) is 0.211. The van der Waals surface area contributed by atoms with Crippen LogP contribution in [0, 0.1) is 0 Å². The zero-order valence-electron chi connectivity index (χ0n) is 18.9. The van der Waals surface area contributed by atoms with Gasteiger partial charge in [-0.1, -0.05) is 48.5 Å². The minimum absolute atomic E-state index is 0.0122. The van der Waals surface area contributed by atoms with E-state index in [2.05, 4.69) is 4.98 Å². The highest BCUT2D eigenvalue weighted by atomic mass is 16.5. The molecule has 0 aliphatic carbocycles. The molecule has 3 aromatic carbocycles. The van der Waals surface area contributed by atoms with Gasteiger partial charge in [0.05, 0.1) is 18.5 Å². The van der Waals surface area contributed by atoms with Crippen LogP contribution in [0.15, 0.2) is 84.9 Å². The first-order valence-electron chi connectivity index (χ1n) is 11.2. The van der Waals surface area contributed by atoms with Gasteiger partial charge in [-0.2, -0.15) is 0 Å². The number of benzene rings is 3. The first kappa shape index (κ1) is 23.0. The predicted molar refractivity (Wildman–Crippen MR) is 129 cm³/mol. The Morgan fingerprint density at radius 2 is 1.56 bits per heavy atom. The molecule has 0 saturated heterocycles. The number of carbonyl (C=O) groups is 2. The van der Waals surface area contributed by atoms with E-state index in [9.17, 15) is 9.59 Å². The zero-order valence-corrected chi connectivity index (χ0v) is 18.9. The number of hydrogen-bond donors (Lipinski definition) is 0. The molecule has 172 valence electrons. The fourth-order valence-corrected chi connectivity index (χ4v) is 3.43. The van der Waals surface area contributed by atoms with Crippen molar-refractivity contribution in [3.8, 4) is 17.2 Å². The second kappa shape index (κ2) is 11.1. The molecule has 4 aromatic rings. The fraction of sp³-hybridized carbons (Fsp3) is 0.179. The summed E-state index contributed by atoms with van der Waals surface area (Å²) in [4.78, 5) is 29.4. The number of para-hydroxylation sites is 1. The van der Waals surface area contributed by atoms with E-state index < -0.39 is 5.97 Å². The van der Waals surface area contributed by atoms with Crippen LogP contribution in [0.1, 0.15) is 35.8 Å². The summed E-state index contributed by atoms with van der Waals surface area (Å²) in [5, 5.41) is 0.811. The van der Waals surface area contributed by atoms with Crippen molar-refractivity contribution in [2.45, 2.75) is 26.4 Å². The van der Waals surface area contributed by atoms with E-state index in [0.717, 1.165) is 10.9 Å². The second-order valence-electron chi connectivity index (χ2n) is 7.61. The van der Waals surface area contributed by atoms with Crippen LogP contribution in [0.5, 0.6) is 17.2 Å². The molecular formula is C28H25NO5. The Balaban J connectivity index is 1.63. The van der Waals surface area contributed by atoms with Gasteiger partial charge in [-0.05, 0) is 42.8 Å². The fourth-order valence-electron chi connectivity index (χ4n) is 3.43. The summed E-state index contributed by atoms with van der Waals surface area (Å²) in [5.41, 5.74) is 1.75. The molecule has 0 radical (unpaired) electrons. The van der Waals surface area contributed by atoms with E-state index in [-0.39, 0.29) is 30.9 Å². The van der Waals surface area contributed by atoms with Crippen LogP contribution in [0.25, 0.3) is 10.9 Å². The van der Waals surface area contributed by atoms with E-state index in [4.69, 9.17) is 14.2 Å². The number of Topliss-reactive ketones (excluding diaryl/α,β-unsaturated/α-hetero) is 1. The number of carbonyl (C=O) groups excluding carboxylic acids is 2. The van der Waals surface area contributed by atoms with Crippen molar-refractivity contribution < 1.29 is 23.8 Å². The molecule has 0 fully saturated rings. The number of aromatic nitrogens is 1. The monoisotopic (exact) mass is 455 g/mol. The van der Waals surface area contributed by atoms with E-state index in [1.807, 2.05) is 72.8 Å². The summed E-state index contributed by atoms with van der Waals surface area (Å²) in [5.74, 6) is 0.987. The number of esters is 1. The number of ketones is 1. The van der Waals surface area contributed by atoms with Gasteiger partial charge in [0.15, 0.2) is 5.78 Å². The molecule has 0 aliphatic rings. The minimum atomic E-state index is -0.415. The normalized spacial score (nSPS) is 10.6. The van der Waals surface area contributed by atoms with Crippen LogP contribution < -0.4 is 9.47 Å². The van der Waals surface area contributed by atoms with Crippen LogP contribution in [-0.4, -0.2) is 23.3 Å². The Morgan fingerprint density at radius 1 is 0.824 bits per heavy atom. The minimum Gasteiger partial charge on any atom is -0.486 e. The zero-order chi connectivity index (χ0) is 23.8. The number of nitrogens with zero attached hydrogens (tertiary/aromatic N) is 1. The molecule has 34 heavy (non-hydrogen) atoms. The number of pyridine rings is 1. The molecule has 0 atom stereocenters. The van der Waals surface area contributed by atoms with Gasteiger partial charge < -0.3 is 14.2 Å². The van der Waals surface area contributed by atoms with Crippen LogP contribution in [0.3, 0.4) is 0 Å². The van der Waals surface area contributed by atoms with E-state index in [1.54, 1.807) is 19.1 Å². The van der Waals surface area contributed by atoms with Gasteiger partial charge in [-0.15, -0.1) is 0 Å². The third-order valence-corrected chi connectivity index (χ3v) is 5.10. The van der Waals surface area contributed by atoms with Crippen molar-refractivity contribution in [3.05, 3.63) is 96.2 Å². The van der Waals surface area contributed by atoms with Gasteiger partial charge in [0.2, 0.25) is 0 Å². The van der Waals surface area contributed by atoms with Crippen molar-refractivity contribution in [3.63, 3.8) is 0 Å². The van der Waals surface area contributed by atoms with Gasteiger partial charge in [-0.25, -0.2) is 4.98 Å². The molecule has 1 aromatic heterocycles. The van der Waals surface area contributed by atoms with E-state index in [0.29, 0.717) is 29.4 Å². The highest BCUT2D eigenvalue weighted by Gasteiger charge is 2.18. The van der Waals surface area contributed by atoms with E-state index >= 15 is 0 Å². The van der Waals surface area contributed by atoms with Gasteiger partial charge in [-0.3, -0.25) is 9.59 Å². The van der Waals surface area contributed by atoms with Crippen molar-refractivity contribution in [2.75, 3.05) is 6.61 Å². The number of fused-ring (bicyclic) bond motifs is 1. The Hall–Kier alpha value is -4.19. The van der Waals surface area contributed by atoms with Crippen LogP contribution in [-0.2, 0) is 16.1 Å². The lowest BCUT2D eigenvalue weighted by Crippen LogP contribution is -2.11. The summed E-state index contributed by atoms with van der Waals surface area (Å²) in [7, 11) is 0. The lowest BCUT2D eigenvalue weighted by atomic mass is 10.1. The second-order valence-corrected chi connectivity index (χ2v) is 7.61. The predicted octanol–water partition coefficient (Wildman–Crippen LogP) is 6.13. The molecule has 6 nitrogen and oxygen atoms in total. The maximum Gasteiger partial charge on any atom is 0.306 e. The molecule has 0 unspecified atom stereocenters. The Labute approximate surface area is 198 Å². The standard InChI is InChI=1S/C28H25NO5/c1-2-32-27(31)16-15-25(30)28-26(33-19-20-9-5-3-6-10-20)17-21-13-14-23(18-24(21)29-28)34-22-11-7-4-8-12-22/h3-14,17-18H,2,15-16,19H2,1H3. The molecular weight excluding hydrogens is 430 g/mol. The van der Waals surface area contributed by atoms with Crippen molar-refractivity contribution in [1.29, 1.82) is 0 Å². The molecule has 0 saturated carbocycles. The molecule has 6 heteroatoms. The maximum absolute atomic E-state index is 13.0. The third kappa shape index (κ3) is 5.98. The Morgan fingerprint density at radius 3 is 2.29 bits per heavy atom. The van der Waals surface area contributed by atoms with Crippen LogP contribution in [0.2, 0.25) is 0 Å². The van der Waals surface area contributed by atoms with Gasteiger partial charge >= 0.3 is 5.97 Å². The average Bonchev–Trinajstić information content (AvgIpc) is 2.87. The summed E-state index contributed by atoms with van der Waals surface area (Å²) < 4.78 is 16.9. The largest absolute Gasteiger partial charge is 0.486 e. The topological polar surface area (TPSA) is 74.7 Å². The third-order valence-electron chi connectivity index (χ3n) is 5.10. The van der Waals surface area contributed by atoms with Crippen LogP contribution >= 0.6 is 0 Å². The Kier molecular flexibility index (Phi) is 7.50. The molecule has 0 bridgehead atoms. The summed E-state index contributed by atoms with van der Waals surface area (Å²) in [6.45, 7) is 2.30. The smallest absolute Gasteiger partial charge is 0.306 e. The summed E-state index contributed by atoms with van der Waals surface area (Å²) >= 11 is 0. The van der Waals surface area contributed by atoms with Crippen molar-refractivity contribution >= 4 is 22.7 Å². The van der Waals surface area contributed by atoms with Gasteiger partial charge in [0.1, 0.15) is 29.5 Å². The lowest BCUT2D eigenvalue weighted by Gasteiger charge is -2.13. The van der Waals surface area contributed by atoms with Gasteiger partial charge in [0, 0.05) is 17.9 Å². The highest BCUT2D eigenvalue weighted by Crippen LogP contribution is 2.30. The molecule has 4 rings (SSSR count). The Bertz CT molecular complexity index is 1270. The molecule has 1 heterocycles. The summed E-state index contributed by atoms with van der Waals surface area (Å²) in [6, 6.07) is 26.4. The summed E-state index contributed by atoms with van der Waals surface area (Å²) in [6.07, 6.45) is -0.0269. The highest BCUT2D eigenvalue weighted by molar-refractivity contribution is 6.00. The SMILES string of the molecule is CCOC(=O)CCC(=O)c1nc2cc(Oc3ccccc3)ccc2cc1OCc1ccccc1.